The summed E-state index contributed by atoms with van der Waals surface area (Å²) < 4.78 is 4.66. The van der Waals surface area contributed by atoms with Crippen LogP contribution in [0.1, 0.15) is 6.92 Å². The molecule has 0 saturated heterocycles. The van der Waals surface area contributed by atoms with Gasteiger partial charge in [0.15, 0.2) is 0 Å². The Morgan fingerprint density at radius 3 is 2.53 bits per heavy atom. The number of carbonyl (C=O) groups excluding carboxylic acids is 2. The minimum Gasteiger partial charge on any atom is -0.465 e. The molecule has 0 unspecified atom stereocenters. The van der Waals surface area contributed by atoms with Crippen molar-refractivity contribution in [2.24, 2.45) is 0 Å². The molecule has 2 N–H and O–H groups in total. The second-order valence-corrected chi connectivity index (χ2v) is 3.56. The Balaban J connectivity index is 2.34. The molecule has 0 radical (unpaired) electrons. The van der Waals surface area contributed by atoms with E-state index in [9.17, 15) is 9.59 Å². The predicted molar refractivity (Wildman–Crippen MR) is 65.1 cm³/mol. The van der Waals surface area contributed by atoms with Gasteiger partial charge in [-0.05, 0) is 31.2 Å². The highest BCUT2D eigenvalue weighted by Crippen LogP contribution is 2.12. The molecule has 2 amide bonds. The molecule has 0 aliphatic rings. The van der Waals surface area contributed by atoms with Gasteiger partial charge in [-0.3, -0.25) is 4.79 Å². The Kier molecular flexibility index (Phi) is 5.29. The quantitative estimate of drug-likeness (QED) is 0.810. The van der Waals surface area contributed by atoms with Crippen LogP contribution in [0.15, 0.2) is 24.3 Å². The van der Waals surface area contributed by atoms with E-state index < -0.39 is 12.0 Å². The van der Waals surface area contributed by atoms with Crippen LogP contribution < -0.4 is 10.6 Å². The van der Waals surface area contributed by atoms with Gasteiger partial charge in [0, 0.05) is 10.7 Å². The molecule has 0 aliphatic carbocycles. The number of urea groups is 1. The van der Waals surface area contributed by atoms with Crippen molar-refractivity contribution in [3.8, 4) is 0 Å². The minimum atomic E-state index is -0.473. The summed E-state index contributed by atoms with van der Waals surface area (Å²) in [6.45, 7) is 1.83. The van der Waals surface area contributed by atoms with E-state index in [2.05, 4.69) is 15.4 Å². The van der Waals surface area contributed by atoms with Gasteiger partial charge in [-0.25, -0.2) is 4.79 Å². The Morgan fingerprint density at radius 1 is 1.29 bits per heavy atom. The third-order valence-corrected chi connectivity index (χ3v) is 2.05. The lowest BCUT2D eigenvalue weighted by Gasteiger charge is -2.07. The van der Waals surface area contributed by atoms with E-state index in [0.717, 1.165) is 0 Å². The molecular formula is C11H13ClN2O3. The highest BCUT2D eigenvalue weighted by molar-refractivity contribution is 6.30. The average molecular weight is 257 g/mol. The molecule has 1 aromatic carbocycles. The number of hydrogen-bond donors (Lipinski definition) is 2. The van der Waals surface area contributed by atoms with Crippen molar-refractivity contribution >= 4 is 29.3 Å². The SMILES string of the molecule is CCOC(=O)CNC(=O)Nc1ccc(Cl)cc1. The Labute approximate surface area is 104 Å². The Hall–Kier alpha value is -1.75. The van der Waals surface area contributed by atoms with Crippen LogP contribution in [-0.4, -0.2) is 25.2 Å². The van der Waals surface area contributed by atoms with Crippen LogP contribution in [-0.2, 0) is 9.53 Å². The number of carbonyl (C=O) groups is 2. The zero-order valence-electron chi connectivity index (χ0n) is 9.33. The fourth-order valence-corrected chi connectivity index (χ4v) is 1.20. The summed E-state index contributed by atoms with van der Waals surface area (Å²) in [7, 11) is 0. The molecule has 1 rings (SSSR count). The van der Waals surface area contributed by atoms with E-state index in [1.807, 2.05) is 0 Å². The minimum absolute atomic E-state index is 0.159. The molecule has 0 aromatic heterocycles. The Bertz CT molecular complexity index is 392. The molecule has 0 spiro atoms. The summed E-state index contributed by atoms with van der Waals surface area (Å²) in [6.07, 6.45) is 0. The fraction of sp³-hybridized carbons (Fsp3) is 0.273. The number of ether oxygens (including phenoxy) is 1. The molecule has 92 valence electrons. The Morgan fingerprint density at radius 2 is 1.94 bits per heavy atom. The maximum atomic E-state index is 11.3. The second-order valence-electron chi connectivity index (χ2n) is 3.12. The van der Waals surface area contributed by atoms with Gasteiger partial charge in [-0.1, -0.05) is 11.6 Å². The molecule has 0 atom stereocenters. The smallest absolute Gasteiger partial charge is 0.325 e. The van der Waals surface area contributed by atoms with Crippen molar-refractivity contribution in [2.45, 2.75) is 6.92 Å². The third kappa shape index (κ3) is 5.21. The van der Waals surface area contributed by atoms with Crippen LogP contribution in [0.25, 0.3) is 0 Å². The molecule has 0 saturated carbocycles. The van der Waals surface area contributed by atoms with Gasteiger partial charge in [0.2, 0.25) is 0 Å². The van der Waals surface area contributed by atoms with Gasteiger partial charge in [0.1, 0.15) is 6.54 Å². The zero-order chi connectivity index (χ0) is 12.7. The summed E-state index contributed by atoms with van der Waals surface area (Å²) in [6, 6.07) is 6.16. The number of hydrogen-bond acceptors (Lipinski definition) is 3. The van der Waals surface area contributed by atoms with Crippen LogP contribution in [0.5, 0.6) is 0 Å². The highest BCUT2D eigenvalue weighted by Gasteiger charge is 2.05. The lowest BCUT2D eigenvalue weighted by molar-refractivity contribution is -0.141. The fourth-order valence-electron chi connectivity index (χ4n) is 1.07. The molecular weight excluding hydrogens is 244 g/mol. The molecule has 6 heteroatoms. The predicted octanol–water partition coefficient (Wildman–Crippen LogP) is 2.02. The highest BCUT2D eigenvalue weighted by atomic mass is 35.5. The number of halogens is 1. The van der Waals surface area contributed by atoms with Gasteiger partial charge in [-0.15, -0.1) is 0 Å². The molecule has 17 heavy (non-hydrogen) atoms. The number of anilines is 1. The van der Waals surface area contributed by atoms with Crippen LogP contribution >= 0.6 is 11.6 Å². The van der Waals surface area contributed by atoms with Gasteiger partial charge >= 0.3 is 12.0 Å². The van der Waals surface area contributed by atoms with Crippen molar-refractivity contribution in [3.63, 3.8) is 0 Å². The number of nitrogens with one attached hydrogen (secondary N) is 2. The van der Waals surface area contributed by atoms with Gasteiger partial charge < -0.3 is 15.4 Å². The summed E-state index contributed by atoms with van der Waals surface area (Å²) in [5.74, 6) is -0.473. The summed E-state index contributed by atoms with van der Waals surface area (Å²) in [5, 5.41) is 5.51. The zero-order valence-corrected chi connectivity index (χ0v) is 10.1. The second kappa shape index (κ2) is 6.75. The molecule has 0 fully saturated rings. The number of benzene rings is 1. The molecule has 0 aliphatic heterocycles. The monoisotopic (exact) mass is 256 g/mol. The average Bonchev–Trinajstić information content (AvgIpc) is 2.30. The van der Waals surface area contributed by atoms with Crippen molar-refractivity contribution in [1.82, 2.24) is 5.32 Å². The first kappa shape index (κ1) is 13.3. The maximum absolute atomic E-state index is 11.3. The van der Waals surface area contributed by atoms with Crippen LogP contribution in [0.4, 0.5) is 10.5 Å². The van der Waals surface area contributed by atoms with E-state index in [-0.39, 0.29) is 6.54 Å². The first-order valence-electron chi connectivity index (χ1n) is 5.08. The molecule has 1 aromatic rings. The van der Waals surface area contributed by atoms with E-state index in [4.69, 9.17) is 11.6 Å². The topological polar surface area (TPSA) is 67.4 Å². The first-order valence-corrected chi connectivity index (χ1v) is 5.45. The van der Waals surface area contributed by atoms with Crippen molar-refractivity contribution in [2.75, 3.05) is 18.5 Å². The van der Waals surface area contributed by atoms with E-state index in [1.165, 1.54) is 0 Å². The van der Waals surface area contributed by atoms with E-state index >= 15 is 0 Å². The molecule has 5 nitrogen and oxygen atoms in total. The van der Waals surface area contributed by atoms with Gasteiger partial charge in [0.25, 0.3) is 0 Å². The van der Waals surface area contributed by atoms with Crippen molar-refractivity contribution in [3.05, 3.63) is 29.3 Å². The van der Waals surface area contributed by atoms with E-state index in [1.54, 1.807) is 31.2 Å². The lowest BCUT2D eigenvalue weighted by atomic mass is 10.3. The summed E-state index contributed by atoms with van der Waals surface area (Å²) in [5.41, 5.74) is 0.593. The van der Waals surface area contributed by atoms with Gasteiger partial charge in [0.05, 0.1) is 6.61 Å². The summed E-state index contributed by atoms with van der Waals surface area (Å²) >= 11 is 5.70. The largest absolute Gasteiger partial charge is 0.465 e. The van der Waals surface area contributed by atoms with Crippen LogP contribution in [0, 0.1) is 0 Å². The molecule has 0 bridgehead atoms. The van der Waals surface area contributed by atoms with Crippen molar-refractivity contribution < 1.29 is 14.3 Å². The molecule has 0 heterocycles. The lowest BCUT2D eigenvalue weighted by Crippen LogP contribution is -2.34. The normalized spacial score (nSPS) is 9.53. The first-order chi connectivity index (χ1) is 8.11. The number of rotatable bonds is 4. The van der Waals surface area contributed by atoms with Crippen molar-refractivity contribution in [1.29, 1.82) is 0 Å². The van der Waals surface area contributed by atoms with Crippen LogP contribution in [0.2, 0.25) is 5.02 Å². The van der Waals surface area contributed by atoms with E-state index in [0.29, 0.717) is 17.3 Å². The standard InChI is InChI=1S/C11H13ClN2O3/c1-2-17-10(15)7-13-11(16)14-9-5-3-8(12)4-6-9/h3-6H,2,7H2,1H3,(H2,13,14,16). The summed E-state index contributed by atoms with van der Waals surface area (Å²) in [4.78, 5) is 22.3. The van der Waals surface area contributed by atoms with Gasteiger partial charge in [-0.2, -0.15) is 0 Å². The number of amides is 2. The third-order valence-electron chi connectivity index (χ3n) is 1.80. The maximum Gasteiger partial charge on any atom is 0.325 e. The number of esters is 1. The van der Waals surface area contributed by atoms with Crippen LogP contribution in [0.3, 0.4) is 0 Å².